The van der Waals surface area contributed by atoms with Gasteiger partial charge in [0.05, 0.1) is 32.7 Å². The second-order valence-corrected chi connectivity index (χ2v) is 11.4. The molecule has 0 unspecified atom stereocenters. The van der Waals surface area contributed by atoms with Crippen LogP contribution in [0.2, 0.25) is 0 Å². The summed E-state index contributed by atoms with van der Waals surface area (Å²) < 4.78 is 22.4. The quantitative estimate of drug-likeness (QED) is 0.285. The van der Waals surface area contributed by atoms with Crippen molar-refractivity contribution in [2.45, 2.75) is 32.4 Å². The number of amides is 5. The Morgan fingerprint density at radius 3 is 2.33 bits per heavy atom. The predicted molar refractivity (Wildman–Crippen MR) is 172 cm³/mol. The van der Waals surface area contributed by atoms with E-state index in [1.54, 1.807) is 86.6 Å². The monoisotopic (exact) mass is 633 g/mol. The number of aliphatic hydroxyl groups excluding tert-OH is 1. The lowest BCUT2D eigenvalue weighted by Crippen LogP contribution is -2.48. The summed E-state index contributed by atoms with van der Waals surface area (Å²) in [6, 6.07) is 16.0. The van der Waals surface area contributed by atoms with E-state index >= 15 is 0 Å². The summed E-state index contributed by atoms with van der Waals surface area (Å²) >= 11 is 0. The van der Waals surface area contributed by atoms with Crippen molar-refractivity contribution in [3.8, 4) is 23.0 Å². The van der Waals surface area contributed by atoms with Crippen LogP contribution in [-0.4, -0.2) is 85.7 Å². The molecule has 2 aliphatic rings. The molecule has 0 saturated heterocycles. The van der Waals surface area contributed by atoms with E-state index in [-0.39, 0.29) is 44.2 Å². The minimum absolute atomic E-state index is 0.00773. The van der Waals surface area contributed by atoms with Crippen molar-refractivity contribution < 1.29 is 38.4 Å². The number of benzene rings is 3. The summed E-state index contributed by atoms with van der Waals surface area (Å²) in [6.07, 6.45) is -0.510. The van der Waals surface area contributed by atoms with Gasteiger partial charge < -0.3 is 49.8 Å². The molecular formula is C33H39N5O8. The van der Waals surface area contributed by atoms with Gasteiger partial charge in [-0.1, -0.05) is 6.92 Å². The molecule has 0 fully saturated rings. The van der Waals surface area contributed by atoms with E-state index in [1.165, 1.54) is 4.90 Å². The van der Waals surface area contributed by atoms with Crippen LogP contribution >= 0.6 is 0 Å². The van der Waals surface area contributed by atoms with Gasteiger partial charge in [-0.05, 0) is 61.5 Å². The Kier molecular flexibility index (Phi) is 10.0. The number of likely N-dealkylation sites (N-methyl/N-ethyl adjacent to an activating group) is 1. The number of carbonyl (C=O) groups is 3. The molecule has 2 heterocycles. The fourth-order valence-electron chi connectivity index (χ4n) is 5.24. The van der Waals surface area contributed by atoms with Crippen LogP contribution in [0, 0.1) is 5.92 Å². The van der Waals surface area contributed by atoms with Gasteiger partial charge in [-0.15, -0.1) is 0 Å². The average Bonchev–Trinajstić information content (AvgIpc) is 3.53. The maximum atomic E-state index is 13.5. The molecule has 5 amide bonds. The molecule has 0 aromatic heterocycles. The molecule has 2 aliphatic heterocycles. The van der Waals surface area contributed by atoms with Crippen molar-refractivity contribution in [3.63, 3.8) is 0 Å². The molecule has 5 rings (SSSR count). The van der Waals surface area contributed by atoms with E-state index < -0.39 is 18.2 Å². The number of nitrogens with one attached hydrogen (secondary N) is 3. The number of hydrogen-bond acceptors (Lipinski definition) is 8. The first-order valence-corrected chi connectivity index (χ1v) is 15.0. The molecule has 13 nitrogen and oxygen atoms in total. The summed E-state index contributed by atoms with van der Waals surface area (Å²) in [5.74, 6) is 1.90. The number of ether oxygens (including phenoxy) is 4. The van der Waals surface area contributed by atoms with Crippen molar-refractivity contribution in [1.82, 2.24) is 9.80 Å². The van der Waals surface area contributed by atoms with Gasteiger partial charge in [0.15, 0.2) is 11.5 Å². The minimum atomic E-state index is -0.502. The number of anilines is 3. The van der Waals surface area contributed by atoms with Crippen molar-refractivity contribution >= 4 is 35.0 Å². The molecular weight excluding hydrogens is 594 g/mol. The van der Waals surface area contributed by atoms with Crippen LogP contribution in [0.25, 0.3) is 0 Å². The van der Waals surface area contributed by atoms with Crippen LogP contribution in [0.4, 0.5) is 26.7 Å². The van der Waals surface area contributed by atoms with Crippen LogP contribution in [0.3, 0.4) is 0 Å². The van der Waals surface area contributed by atoms with E-state index in [0.717, 1.165) is 0 Å². The summed E-state index contributed by atoms with van der Waals surface area (Å²) in [7, 11) is 3.25. The third-order valence-electron chi connectivity index (χ3n) is 7.95. The third-order valence-corrected chi connectivity index (χ3v) is 7.95. The van der Waals surface area contributed by atoms with Crippen LogP contribution < -0.4 is 34.9 Å². The van der Waals surface area contributed by atoms with Crippen LogP contribution in [0.5, 0.6) is 23.0 Å². The fourth-order valence-corrected chi connectivity index (χ4v) is 5.24. The van der Waals surface area contributed by atoms with Gasteiger partial charge in [-0.2, -0.15) is 0 Å². The minimum Gasteiger partial charge on any atom is -0.497 e. The van der Waals surface area contributed by atoms with E-state index in [9.17, 15) is 19.5 Å². The number of methoxy groups -OCH3 is 1. The first-order valence-electron chi connectivity index (χ1n) is 15.0. The number of carbonyl (C=O) groups excluding carboxylic acids is 3. The number of fused-ring (bicyclic) bond motifs is 2. The van der Waals surface area contributed by atoms with E-state index in [4.69, 9.17) is 18.9 Å². The number of urea groups is 2. The Labute approximate surface area is 267 Å². The average molecular weight is 634 g/mol. The summed E-state index contributed by atoms with van der Waals surface area (Å²) in [6.45, 7) is 4.19. The van der Waals surface area contributed by atoms with Gasteiger partial charge in [0, 0.05) is 48.2 Å². The van der Waals surface area contributed by atoms with Gasteiger partial charge in [0.2, 0.25) is 12.7 Å². The molecule has 4 N–H and O–H groups in total. The van der Waals surface area contributed by atoms with Crippen LogP contribution in [0.15, 0.2) is 60.7 Å². The first kappa shape index (κ1) is 32.2. The summed E-state index contributed by atoms with van der Waals surface area (Å²) in [5, 5.41) is 18.4. The molecule has 244 valence electrons. The molecule has 3 aromatic carbocycles. The fraction of sp³-hybridized carbons (Fsp3) is 0.364. The summed E-state index contributed by atoms with van der Waals surface area (Å²) in [4.78, 5) is 42.6. The number of hydrogen-bond donors (Lipinski definition) is 4. The zero-order chi connectivity index (χ0) is 32.8. The zero-order valence-corrected chi connectivity index (χ0v) is 26.2. The SMILES string of the molecule is COc1ccc(NC(=O)N(C)C[C@H]2Oc3ccc(NC(=O)Nc4ccc5c(c4)OCO5)cc3CC(=O)N([C@H](C)CO)C[C@H]2C)cc1. The number of rotatable bonds is 8. The number of nitrogens with zero attached hydrogens (tertiary/aromatic N) is 2. The molecule has 0 radical (unpaired) electrons. The van der Waals surface area contributed by atoms with Gasteiger partial charge >= 0.3 is 12.1 Å². The molecule has 13 heteroatoms. The van der Waals surface area contributed by atoms with Gasteiger partial charge in [-0.3, -0.25) is 4.79 Å². The Balaban J connectivity index is 1.33. The van der Waals surface area contributed by atoms with Gasteiger partial charge in [0.1, 0.15) is 17.6 Å². The van der Waals surface area contributed by atoms with Crippen molar-refractivity contribution in [1.29, 1.82) is 0 Å². The maximum absolute atomic E-state index is 13.5. The zero-order valence-electron chi connectivity index (χ0n) is 26.2. The molecule has 0 saturated carbocycles. The van der Waals surface area contributed by atoms with E-state index in [0.29, 0.717) is 52.2 Å². The Morgan fingerprint density at radius 2 is 1.63 bits per heavy atom. The topological polar surface area (TPSA) is 151 Å². The standard InChI is InChI=1S/C33H39N5O8/c1-20-16-38(21(2)18-39)31(40)14-22-13-24(34-32(41)35-25-8-12-28-29(15-25)45-19-44-28)7-11-27(22)46-30(20)17-37(3)33(42)36-23-5-9-26(43-4)10-6-23/h5-13,15,20-21,30,39H,14,16-19H2,1-4H3,(H,36,42)(H2,34,35,41)/t20-,21-,30-/m1/s1. The molecule has 3 atom stereocenters. The Morgan fingerprint density at radius 1 is 0.978 bits per heavy atom. The van der Waals surface area contributed by atoms with E-state index in [2.05, 4.69) is 16.0 Å². The van der Waals surface area contributed by atoms with Crippen molar-refractivity contribution in [3.05, 3.63) is 66.2 Å². The number of aliphatic hydroxyl groups is 1. The Bertz CT molecular complexity index is 1570. The smallest absolute Gasteiger partial charge is 0.323 e. The second-order valence-electron chi connectivity index (χ2n) is 11.4. The van der Waals surface area contributed by atoms with Crippen LogP contribution in [0.1, 0.15) is 19.4 Å². The largest absolute Gasteiger partial charge is 0.497 e. The molecule has 0 aliphatic carbocycles. The normalized spacial score (nSPS) is 17.8. The van der Waals surface area contributed by atoms with Crippen molar-refractivity contribution in [2.75, 3.05) is 56.6 Å². The molecule has 3 aromatic rings. The lowest BCUT2D eigenvalue weighted by atomic mass is 10.0. The predicted octanol–water partition coefficient (Wildman–Crippen LogP) is 4.38. The van der Waals surface area contributed by atoms with Crippen LogP contribution in [-0.2, 0) is 11.2 Å². The van der Waals surface area contributed by atoms with Crippen molar-refractivity contribution in [2.24, 2.45) is 5.92 Å². The third kappa shape index (κ3) is 7.72. The first-order chi connectivity index (χ1) is 22.1. The molecule has 0 spiro atoms. The molecule has 0 bridgehead atoms. The summed E-state index contributed by atoms with van der Waals surface area (Å²) in [5.41, 5.74) is 2.15. The highest BCUT2D eigenvalue weighted by atomic mass is 16.7. The van der Waals surface area contributed by atoms with E-state index in [1.807, 2.05) is 6.92 Å². The highest BCUT2D eigenvalue weighted by molar-refractivity contribution is 6.00. The van der Waals surface area contributed by atoms with Gasteiger partial charge in [0.25, 0.3) is 0 Å². The maximum Gasteiger partial charge on any atom is 0.323 e. The highest BCUT2D eigenvalue weighted by Crippen LogP contribution is 2.34. The lowest BCUT2D eigenvalue weighted by Gasteiger charge is -2.34. The highest BCUT2D eigenvalue weighted by Gasteiger charge is 2.32. The second kappa shape index (κ2) is 14.3. The van der Waals surface area contributed by atoms with Gasteiger partial charge in [-0.25, -0.2) is 9.59 Å². The lowest BCUT2D eigenvalue weighted by molar-refractivity contribution is -0.134. The molecule has 46 heavy (non-hydrogen) atoms. The Hall–Kier alpha value is -5.17.